The first kappa shape index (κ1) is 25.5. The summed E-state index contributed by atoms with van der Waals surface area (Å²) < 4.78 is 11.4. The van der Waals surface area contributed by atoms with Crippen LogP contribution in [-0.4, -0.2) is 52.0 Å². The molecule has 0 radical (unpaired) electrons. The lowest BCUT2D eigenvalue weighted by Gasteiger charge is -2.31. The summed E-state index contributed by atoms with van der Waals surface area (Å²) in [5.74, 6) is 0.836. The van der Waals surface area contributed by atoms with E-state index in [1.54, 1.807) is 4.90 Å². The number of amides is 1. The number of carbonyl (C=O) groups is 1. The average Bonchev–Trinajstić information content (AvgIpc) is 2.83. The van der Waals surface area contributed by atoms with Crippen LogP contribution in [-0.2, 0) is 11.2 Å². The second-order valence-corrected chi connectivity index (χ2v) is 8.91. The van der Waals surface area contributed by atoms with Crippen LogP contribution in [0.1, 0.15) is 70.1 Å². The van der Waals surface area contributed by atoms with Gasteiger partial charge in [0.15, 0.2) is 0 Å². The molecule has 1 aliphatic heterocycles. The number of likely N-dealkylation sites (tertiary alicyclic amines) is 1. The van der Waals surface area contributed by atoms with Crippen LogP contribution in [0, 0.1) is 6.92 Å². The van der Waals surface area contributed by atoms with E-state index in [1.807, 2.05) is 27.7 Å². The van der Waals surface area contributed by atoms with Gasteiger partial charge in [-0.25, -0.2) is 9.78 Å². The van der Waals surface area contributed by atoms with Crippen molar-refractivity contribution in [3.8, 4) is 11.8 Å². The van der Waals surface area contributed by atoms with E-state index in [-0.39, 0.29) is 18.3 Å². The molecule has 8 heteroatoms. The first-order valence-electron chi connectivity index (χ1n) is 12.1. The van der Waals surface area contributed by atoms with Gasteiger partial charge in [0.25, 0.3) is 5.88 Å². The standard InChI is InChI=1S/C26H36N4O4/c1-6-7-8-21-9-11-22(12-10-21)20(5)29-34-25-19(4)24(27-17-28-25)33-23-13-15-30(16-14-23)26(31)32-18(2)3/h9-12,17-18,23H,6-8,13-16H2,1-5H3/b29-20-. The number of hydrogen-bond acceptors (Lipinski definition) is 7. The normalized spacial score (nSPS) is 14.9. The molecule has 0 atom stereocenters. The number of hydrogen-bond donors (Lipinski definition) is 0. The van der Waals surface area contributed by atoms with E-state index in [2.05, 4.69) is 46.3 Å². The van der Waals surface area contributed by atoms with E-state index in [9.17, 15) is 4.79 Å². The Labute approximate surface area is 202 Å². The van der Waals surface area contributed by atoms with Gasteiger partial charge < -0.3 is 19.2 Å². The molecule has 34 heavy (non-hydrogen) atoms. The molecule has 8 nitrogen and oxygen atoms in total. The molecule has 0 saturated carbocycles. The summed E-state index contributed by atoms with van der Waals surface area (Å²) in [4.78, 5) is 27.9. The topological polar surface area (TPSA) is 86.1 Å². The van der Waals surface area contributed by atoms with Crippen molar-refractivity contribution in [2.75, 3.05) is 13.1 Å². The van der Waals surface area contributed by atoms with Crippen LogP contribution in [0.4, 0.5) is 4.79 Å². The highest BCUT2D eigenvalue weighted by molar-refractivity contribution is 5.98. The van der Waals surface area contributed by atoms with E-state index in [4.69, 9.17) is 14.3 Å². The molecule has 184 valence electrons. The second-order valence-electron chi connectivity index (χ2n) is 8.91. The van der Waals surface area contributed by atoms with Crippen molar-refractivity contribution < 1.29 is 19.1 Å². The quantitative estimate of drug-likeness (QED) is 0.366. The number of nitrogens with zero attached hydrogens (tertiary/aromatic N) is 4. The Hall–Kier alpha value is -3.16. The summed E-state index contributed by atoms with van der Waals surface area (Å²) in [6.07, 6.45) is 5.86. The predicted molar refractivity (Wildman–Crippen MR) is 132 cm³/mol. The molecular weight excluding hydrogens is 432 g/mol. The number of aryl methyl sites for hydroxylation is 1. The first-order chi connectivity index (χ1) is 16.4. The molecule has 1 saturated heterocycles. The van der Waals surface area contributed by atoms with Crippen molar-refractivity contribution in [3.63, 3.8) is 0 Å². The fourth-order valence-electron chi connectivity index (χ4n) is 3.68. The van der Waals surface area contributed by atoms with Crippen LogP contribution in [0.15, 0.2) is 35.7 Å². The monoisotopic (exact) mass is 468 g/mol. The molecule has 0 aliphatic carbocycles. The minimum absolute atomic E-state index is 0.0407. The van der Waals surface area contributed by atoms with E-state index >= 15 is 0 Å². The Morgan fingerprint density at radius 1 is 1.15 bits per heavy atom. The van der Waals surface area contributed by atoms with Gasteiger partial charge in [-0.15, -0.1) is 0 Å². The van der Waals surface area contributed by atoms with Gasteiger partial charge in [0.1, 0.15) is 12.4 Å². The molecule has 1 amide bonds. The maximum atomic E-state index is 12.1. The first-order valence-corrected chi connectivity index (χ1v) is 12.1. The van der Waals surface area contributed by atoms with Crippen LogP contribution in [0.25, 0.3) is 0 Å². The van der Waals surface area contributed by atoms with Crippen LogP contribution in [0.3, 0.4) is 0 Å². The lowest BCUT2D eigenvalue weighted by molar-refractivity contribution is 0.0504. The zero-order valence-corrected chi connectivity index (χ0v) is 20.9. The molecule has 1 aliphatic rings. The fraction of sp³-hybridized carbons (Fsp3) is 0.538. The maximum absolute atomic E-state index is 12.1. The molecule has 1 aromatic heterocycles. The summed E-state index contributed by atoms with van der Waals surface area (Å²) in [6.45, 7) is 10.8. The van der Waals surface area contributed by atoms with Crippen molar-refractivity contribution in [1.29, 1.82) is 0 Å². The highest BCUT2D eigenvalue weighted by atomic mass is 16.6. The lowest BCUT2D eigenvalue weighted by Crippen LogP contribution is -2.42. The molecule has 3 rings (SSSR count). The number of ether oxygens (including phenoxy) is 2. The average molecular weight is 469 g/mol. The van der Waals surface area contributed by atoms with Crippen molar-refractivity contribution >= 4 is 11.8 Å². The highest BCUT2D eigenvalue weighted by Crippen LogP contribution is 2.26. The van der Waals surface area contributed by atoms with Crippen molar-refractivity contribution in [2.24, 2.45) is 5.16 Å². The van der Waals surface area contributed by atoms with E-state index in [0.717, 1.165) is 17.7 Å². The molecule has 0 unspecified atom stereocenters. The van der Waals surface area contributed by atoms with Gasteiger partial charge in [-0.2, -0.15) is 4.98 Å². The molecule has 0 N–H and O–H groups in total. The SMILES string of the molecule is CCCCc1ccc(/C(C)=N\Oc2ncnc(OC3CCN(C(=O)OC(C)C)CC3)c2C)cc1. The van der Waals surface area contributed by atoms with Gasteiger partial charge in [-0.3, -0.25) is 0 Å². The Bertz CT molecular complexity index is 967. The van der Waals surface area contributed by atoms with Gasteiger partial charge in [-0.1, -0.05) is 42.8 Å². The van der Waals surface area contributed by atoms with Crippen molar-refractivity contribution in [3.05, 3.63) is 47.3 Å². The second kappa shape index (κ2) is 12.3. The van der Waals surface area contributed by atoms with Gasteiger partial charge in [0.05, 0.1) is 17.4 Å². The summed E-state index contributed by atoms with van der Waals surface area (Å²) in [6, 6.07) is 8.41. The number of oxime groups is 1. The van der Waals surface area contributed by atoms with Crippen molar-refractivity contribution in [1.82, 2.24) is 14.9 Å². The Morgan fingerprint density at radius 2 is 1.82 bits per heavy atom. The van der Waals surface area contributed by atoms with E-state index < -0.39 is 0 Å². The van der Waals surface area contributed by atoms with Gasteiger partial charge in [0, 0.05) is 25.9 Å². The molecule has 0 spiro atoms. The lowest BCUT2D eigenvalue weighted by atomic mass is 10.0. The Morgan fingerprint density at radius 3 is 2.47 bits per heavy atom. The number of benzene rings is 1. The number of unbranched alkanes of at least 4 members (excludes halogenated alkanes) is 1. The maximum Gasteiger partial charge on any atom is 0.410 e. The number of piperidine rings is 1. The number of aromatic nitrogens is 2. The van der Waals surface area contributed by atoms with Crippen LogP contribution >= 0.6 is 0 Å². The molecule has 2 heterocycles. The Kier molecular flexibility index (Phi) is 9.24. The molecule has 2 aromatic rings. The summed E-state index contributed by atoms with van der Waals surface area (Å²) >= 11 is 0. The third kappa shape index (κ3) is 7.17. The van der Waals surface area contributed by atoms with E-state index in [1.165, 1.54) is 24.7 Å². The third-order valence-corrected chi connectivity index (χ3v) is 5.77. The van der Waals surface area contributed by atoms with Crippen LogP contribution < -0.4 is 9.57 Å². The van der Waals surface area contributed by atoms with Gasteiger partial charge in [-0.05, 0) is 51.7 Å². The molecule has 1 aromatic carbocycles. The molecule has 0 bridgehead atoms. The summed E-state index contributed by atoms with van der Waals surface area (Å²) in [7, 11) is 0. The largest absolute Gasteiger partial charge is 0.474 e. The van der Waals surface area contributed by atoms with Crippen LogP contribution in [0.5, 0.6) is 11.8 Å². The minimum atomic E-state index is -0.272. The summed E-state index contributed by atoms with van der Waals surface area (Å²) in [5, 5.41) is 4.27. The van der Waals surface area contributed by atoms with Crippen LogP contribution in [0.2, 0.25) is 0 Å². The summed E-state index contributed by atoms with van der Waals surface area (Å²) in [5.41, 5.74) is 3.79. The number of carbonyl (C=O) groups excluding carboxylic acids is 1. The zero-order chi connectivity index (χ0) is 24.5. The van der Waals surface area contributed by atoms with Gasteiger partial charge >= 0.3 is 6.09 Å². The molecule has 1 fully saturated rings. The fourth-order valence-corrected chi connectivity index (χ4v) is 3.68. The predicted octanol–water partition coefficient (Wildman–Crippen LogP) is 5.32. The smallest absolute Gasteiger partial charge is 0.410 e. The third-order valence-electron chi connectivity index (χ3n) is 5.77. The van der Waals surface area contributed by atoms with Crippen molar-refractivity contribution in [2.45, 2.75) is 78.9 Å². The van der Waals surface area contributed by atoms with E-state index in [0.29, 0.717) is 43.3 Å². The number of rotatable bonds is 9. The highest BCUT2D eigenvalue weighted by Gasteiger charge is 2.26. The molecular formula is C26H36N4O4. The zero-order valence-electron chi connectivity index (χ0n) is 20.9. The minimum Gasteiger partial charge on any atom is -0.474 e. The van der Waals surface area contributed by atoms with Gasteiger partial charge in [0.2, 0.25) is 5.88 Å². The Balaban J connectivity index is 1.57.